The first kappa shape index (κ1) is 96.5. The van der Waals surface area contributed by atoms with Crippen LogP contribution < -0.4 is 37.6 Å². The summed E-state index contributed by atoms with van der Waals surface area (Å²) in [5, 5.41) is 20.1. The summed E-state index contributed by atoms with van der Waals surface area (Å²) in [6, 6.07) is 13.2. The van der Waals surface area contributed by atoms with Gasteiger partial charge in [0, 0.05) is 131 Å². The van der Waals surface area contributed by atoms with Crippen molar-refractivity contribution in [3.05, 3.63) is 82.3 Å². The van der Waals surface area contributed by atoms with Crippen LogP contribution in [0.15, 0.2) is 66.2 Å². The second-order valence-electron chi connectivity index (χ2n) is 34.2. The number of unbranched alkanes of at least 4 members (excludes halogenated alkanes) is 1. The summed E-state index contributed by atoms with van der Waals surface area (Å²) >= 11 is 1.53. The van der Waals surface area contributed by atoms with Crippen molar-refractivity contribution < 1.29 is 71.7 Å². The van der Waals surface area contributed by atoms with Crippen molar-refractivity contribution in [2.75, 3.05) is 66.9 Å². The van der Waals surface area contributed by atoms with Crippen molar-refractivity contribution in [3.8, 4) is 0 Å². The van der Waals surface area contributed by atoms with Gasteiger partial charge in [0.15, 0.2) is 17.3 Å². The topological polar surface area (TPSA) is 353 Å². The molecule has 0 radical (unpaired) electrons. The van der Waals surface area contributed by atoms with E-state index in [2.05, 4.69) is 49.0 Å². The number of rotatable bonds is 50. The quantitative estimate of drug-likeness (QED) is 0.0258. The Balaban J connectivity index is 1.38. The van der Waals surface area contributed by atoms with Gasteiger partial charge in [-0.2, -0.15) is 0 Å². The van der Waals surface area contributed by atoms with Crippen molar-refractivity contribution in [1.29, 1.82) is 0 Å². The fourth-order valence-electron chi connectivity index (χ4n) is 14.7. The number of benzene rings is 2. The number of carbonyl (C=O) groups excluding carboxylic acids is 12. The van der Waals surface area contributed by atoms with Crippen LogP contribution >= 0.6 is 11.3 Å². The van der Waals surface area contributed by atoms with E-state index < -0.39 is 106 Å². The molecule has 1 fully saturated rings. The van der Waals surface area contributed by atoms with Crippen LogP contribution in [0.3, 0.4) is 0 Å². The predicted octanol–water partition coefficient (Wildman–Crippen LogP) is 11.0. The van der Waals surface area contributed by atoms with E-state index in [1.54, 1.807) is 82.4 Å². The molecule has 1 aliphatic heterocycles. The monoisotopic (exact) mass is 1580 g/mol. The second-order valence-corrected chi connectivity index (χ2v) is 35.1. The number of amides is 8. The van der Waals surface area contributed by atoms with Crippen LogP contribution in [-0.4, -0.2) is 199 Å². The number of aromatic nitrogens is 1. The van der Waals surface area contributed by atoms with Gasteiger partial charge in [-0.15, -0.1) is 11.3 Å². The number of alkyl carbamates (subject to hydrolysis) is 1. The van der Waals surface area contributed by atoms with Gasteiger partial charge in [0.05, 0.1) is 59.9 Å². The number of nitrogens with one attached hydrogen (secondary N) is 6. The first-order chi connectivity index (χ1) is 52.5. The van der Waals surface area contributed by atoms with E-state index in [0.717, 1.165) is 17.0 Å². The molecule has 27 heteroatoms. The molecule has 3 aromatic rings. The Morgan fingerprint density at radius 1 is 0.714 bits per heavy atom. The number of anilines is 1. The molecule has 112 heavy (non-hydrogen) atoms. The highest BCUT2D eigenvalue weighted by Crippen LogP contribution is 2.35. The van der Waals surface area contributed by atoms with Crippen molar-refractivity contribution in [2.45, 2.75) is 267 Å². The van der Waals surface area contributed by atoms with E-state index in [1.165, 1.54) is 32.3 Å². The van der Waals surface area contributed by atoms with Gasteiger partial charge in [-0.1, -0.05) is 125 Å². The summed E-state index contributed by atoms with van der Waals surface area (Å²) in [7, 11) is 8.30. The van der Waals surface area contributed by atoms with Gasteiger partial charge in [-0.05, 0) is 141 Å². The zero-order valence-electron chi connectivity index (χ0n) is 70.7. The molecule has 1 saturated heterocycles. The zero-order valence-corrected chi connectivity index (χ0v) is 71.5. The molecule has 0 unspecified atom stereocenters. The van der Waals surface area contributed by atoms with Gasteiger partial charge in [-0.3, -0.25) is 47.9 Å². The third-order valence-electron chi connectivity index (χ3n) is 21.3. The molecule has 0 spiro atoms. The highest BCUT2D eigenvalue weighted by molar-refractivity contribution is 7.09. The normalized spacial score (nSPS) is 16.3. The maximum Gasteiger partial charge on any atom is 0.408 e. The molecule has 4 rings (SSSR count). The summed E-state index contributed by atoms with van der Waals surface area (Å²) in [4.78, 5) is 175. The smallest absolute Gasteiger partial charge is 0.408 e. The number of ether oxygens (including phenoxy) is 3. The molecule has 0 bridgehead atoms. The number of carbonyl (C=O) groups is 12. The lowest BCUT2D eigenvalue weighted by atomic mass is 9.83. The van der Waals surface area contributed by atoms with Gasteiger partial charge in [0.2, 0.25) is 29.5 Å². The molecule has 0 aliphatic carbocycles. The predicted molar refractivity (Wildman–Crippen MR) is 437 cm³/mol. The number of primary amides is 1. The second kappa shape index (κ2) is 46.5. The maximum atomic E-state index is 14.9. The number of likely N-dealkylation sites (tertiary alicyclic amines) is 1. The Bertz CT molecular complexity index is 3520. The minimum atomic E-state index is -1.49. The summed E-state index contributed by atoms with van der Waals surface area (Å²) in [6.45, 7) is 28.5. The molecular weight excluding hydrogens is 1450 g/mol. The Morgan fingerprint density at radius 3 is 1.93 bits per heavy atom. The fraction of sp³-hybridized carbons (Fsp3) is 0.682. The molecule has 26 nitrogen and oxygen atoms in total. The average molecular weight is 1580 g/mol. The van der Waals surface area contributed by atoms with Crippen LogP contribution in [0.4, 0.5) is 15.3 Å². The Kier molecular flexibility index (Phi) is 40.1. The summed E-state index contributed by atoms with van der Waals surface area (Å²) in [6.07, 6.45) is 4.00. The number of hydrogen-bond acceptors (Lipinski definition) is 19. The van der Waals surface area contributed by atoms with Crippen LogP contribution in [0.2, 0.25) is 0 Å². The number of likely N-dealkylation sites (N-methyl/N-ethyl adjacent to an activating group) is 2. The Hall–Kier alpha value is -7.85. The van der Waals surface area contributed by atoms with Gasteiger partial charge in [0.1, 0.15) is 18.2 Å². The number of nitrogens with two attached hydrogens (primary N) is 1. The number of thiazole rings is 1. The van der Waals surface area contributed by atoms with Crippen LogP contribution in [0.5, 0.6) is 0 Å². The van der Waals surface area contributed by atoms with Crippen molar-refractivity contribution >= 4 is 87.6 Å². The van der Waals surface area contributed by atoms with Crippen LogP contribution in [-0.2, 0) is 75.2 Å². The lowest BCUT2D eigenvalue weighted by Crippen LogP contribution is -2.55. The Labute approximate surface area is 670 Å². The summed E-state index contributed by atoms with van der Waals surface area (Å²) in [5.74, 6) is -6.75. The lowest BCUT2D eigenvalue weighted by molar-refractivity contribution is -0.149. The SMILES string of the molecule is CC[C@H](C)[C@@H]([C@@H](CC(=O)N1CCC[C@H]1[C@H](OC)[C@@H](C)C(=O)C[C@@H](Cc1ccccc1)c1nccs1)OC)N(C)C(=O)[C@@H](CC(=O)C(C)(C)NC(=O)OCc1ccc(NC(=O)[C@H](CCCNC(N)=O)CC(=O)[C@@H](NC(=O)[C@H](CCCCNC(=O)CC[C@@H](NC(C)(C)C)C(=O)C(C)(C)C)CC(=O)CN(C)C)C(C)C)cc1)C(C)C. The minimum absolute atomic E-state index is 0.0218. The number of hydrogen-bond donors (Lipinski definition) is 7. The highest BCUT2D eigenvalue weighted by atomic mass is 32.1. The zero-order chi connectivity index (χ0) is 84.0. The van der Waals surface area contributed by atoms with Gasteiger partial charge in [-0.25, -0.2) is 14.6 Å². The molecule has 2 heterocycles. The molecule has 8 N–H and O–H groups in total. The Morgan fingerprint density at radius 2 is 1.36 bits per heavy atom. The first-order valence-electron chi connectivity index (χ1n) is 40.1. The van der Waals surface area contributed by atoms with Gasteiger partial charge < -0.3 is 66.5 Å². The third kappa shape index (κ3) is 32.2. The molecule has 626 valence electrons. The molecule has 2 aromatic carbocycles. The number of methoxy groups -OCH3 is 2. The molecule has 12 atom stereocenters. The van der Waals surface area contributed by atoms with E-state index in [0.29, 0.717) is 69.3 Å². The summed E-state index contributed by atoms with van der Waals surface area (Å²) in [5.41, 5.74) is 4.89. The van der Waals surface area contributed by atoms with E-state index in [1.807, 2.05) is 105 Å². The number of Topliss-reactive ketones (excluding diaryl/α,β-unsaturated/α-hetero) is 5. The fourth-order valence-corrected chi connectivity index (χ4v) is 15.4. The summed E-state index contributed by atoms with van der Waals surface area (Å²) < 4.78 is 17.9. The van der Waals surface area contributed by atoms with Gasteiger partial charge >= 0.3 is 12.1 Å². The van der Waals surface area contributed by atoms with Gasteiger partial charge in [0.25, 0.3) is 0 Å². The molecule has 1 aliphatic rings. The molecule has 8 amide bonds. The number of urea groups is 1. The third-order valence-corrected chi connectivity index (χ3v) is 22.2. The van der Waals surface area contributed by atoms with E-state index >= 15 is 0 Å². The van der Waals surface area contributed by atoms with Crippen LogP contribution in [0.25, 0.3) is 0 Å². The van der Waals surface area contributed by atoms with Crippen molar-refractivity contribution in [3.63, 3.8) is 0 Å². The van der Waals surface area contributed by atoms with Crippen molar-refractivity contribution in [2.24, 2.45) is 52.6 Å². The standard InChI is InChI=1S/C85H135N11O15S/c1-21-55(6)74(69(109-19)50-72(102)96-43-28-33-66(96)75(110-20)56(7)67(98)48-61(79-88-42-44-112-79)45-57-29-23-22-24-30-57)95(18)80(106)64(53(2)3)49-70(100)85(14,15)93-82(108)111-52-58-34-36-62(37-35-58)90-77(104)60(32-27-41-89-81(86)107)47-68(99)73(54(4)5)91-78(105)59(46-63(97)51-94(16)17)31-25-26-40-87-71(101)39-38-65(92-84(11,12)13)76(103)83(8,9)10/h22-24,29-30,34-37,42,44,53-56,59-61,64-66,69,73-75,92H,21,25-28,31-33,38-41,43,45-52H2,1-20H3,(H,87,101)(H,90,104)(H,91,105)(H,93,108)(H3,86,89,107)/t55-,56-,59+,60+,61+,64-,65+,66-,69+,73-,74-,75+/m0/s1. The van der Waals surface area contributed by atoms with E-state index in [4.69, 9.17) is 19.9 Å². The largest absolute Gasteiger partial charge is 0.445 e. The number of nitrogens with zero attached hydrogens (tertiary/aromatic N) is 4. The minimum Gasteiger partial charge on any atom is -0.445 e. The molecule has 1 aromatic heterocycles. The van der Waals surface area contributed by atoms with Crippen LogP contribution in [0.1, 0.15) is 222 Å². The van der Waals surface area contributed by atoms with E-state index in [9.17, 15) is 57.5 Å². The van der Waals surface area contributed by atoms with E-state index in [-0.39, 0.29) is 135 Å². The van der Waals surface area contributed by atoms with Crippen molar-refractivity contribution in [1.82, 2.24) is 46.3 Å². The van der Waals surface area contributed by atoms with Crippen LogP contribution in [0, 0.1) is 46.8 Å². The average Bonchev–Trinajstić information content (AvgIpc) is 1.56. The highest BCUT2D eigenvalue weighted by Gasteiger charge is 2.45. The first-order valence-corrected chi connectivity index (χ1v) is 41.0. The lowest BCUT2D eigenvalue weighted by Gasteiger charge is -2.41. The molecular formula is C85H135N11O15S. The maximum absolute atomic E-state index is 14.9. The number of ketones is 5. The molecule has 0 saturated carbocycles.